The second-order valence-corrected chi connectivity index (χ2v) is 3.02. The van der Waals surface area contributed by atoms with Gasteiger partial charge in [-0.05, 0) is 19.8 Å². The van der Waals surface area contributed by atoms with Crippen LogP contribution in [-0.2, 0) is 0 Å². The Morgan fingerprint density at radius 1 is 1.20 bits per heavy atom. The molecule has 0 saturated carbocycles. The zero-order valence-electron chi connectivity index (χ0n) is 6.89. The van der Waals surface area contributed by atoms with E-state index < -0.39 is 0 Å². The van der Waals surface area contributed by atoms with Crippen LogP contribution in [0.3, 0.4) is 0 Å². The number of rotatable bonds is 0. The van der Waals surface area contributed by atoms with Crippen LogP contribution >= 0.6 is 0 Å². The van der Waals surface area contributed by atoms with E-state index >= 15 is 0 Å². The van der Waals surface area contributed by atoms with Gasteiger partial charge < -0.3 is 0 Å². The Morgan fingerprint density at radius 2 is 1.90 bits per heavy atom. The van der Waals surface area contributed by atoms with Gasteiger partial charge in [-0.2, -0.15) is 0 Å². The van der Waals surface area contributed by atoms with Crippen LogP contribution in [0.4, 0.5) is 0 Å². The van der Waals surface area contributed by atoms with Crippen molar-refractivity contribution in [2.75, 3.05) is 0 Å². The van der Waals surface area contributed by atoms with Gasteiger partial charge in [0.1, 0.15) is 0 Å². The Hall–Kier alpha value is -0.780. The van der Waals surface area contributed by atoms with Gasteiger partial charge in [0.2, 0.25) is 0 Å². The molecule has 0 heteroatoms. The summed E-state index contributed by atoms with van der Waals surface area (Å²) in [5.41, 5.74) is 2.72. The summed E-state index contributed by atoms with van der Waals surface area (Å²) in [5, 5.41) is 0. The van der Waals surface area contributed by atoms with E-state index in [0.29, 0.717) is 5.92 Å². The maximum absolute atomic E-state index is 2.27. The molecule has 0 saturated heterocycles. The number of allylic oxidation sites excluding steroid dienone is 6. The van der Waals surface area contributed by atoms with Crippen molar-refractivity contribution in [2.45, 2.75) is 20.8 Å². The van der Waals surface area contributed by atoms with E-state index in [0.717, 1.165) is 0 Å². The summed E-state index contributed by atoms with van der Waals surface area (Å²) in [4.78, 5) is 0. The van der Waals surface area contributed by atoms with Gasteiger partial charge in [0.25, 0.3) is 0 Å². The molecule has 0 heterocycles. The summed E-state index contributed by atoms with van der Waals surface area (Å²) >= 11 is 0. The van der Waals surface area contributed by atoms with Crippen LogP contribution in [-0.4, -0.2) is 0 Å². The molecule has 0 spiro atoms. The van der Waals surface area contributed by atoms with Crippen LogP contribution in [0.25, 0.3) is 0 Å². The SMILES string of the molecule is CC1=CC(C)=CC(C)C=C1. The molecular weight excluding hydrogens is 120 g/mol. The van der Waals surface area contributed by atoms with Gasteiger partial charge in [-0.3, -0.25) is 0 Å². The summed E-state index contributed by atoms with van der Waals surface area (Å²) in [6.07, 6.45) is 8.88. The van der Waals surface area contributed by atoms with Gasteiger partial charge in [-0.15, -0.1) is 0 Å². The predicted octanol–water partition coefficient (Wildman–Crippen LogP) is 3.08. The van der Waals surface area contributed by atoms with Gasteiger partial charge in [-0.25, -0.2) is 0 Å². The lowest BCUT2D eigenvalue weighted by molar-refractivity contribution is 0.933. The molecule has 0 amide bonds. The van der Waals surface area contributed by atoms with Crippen molar-refractivity contribution in [3.05, 3.63) is 35.5 Å². The lowest BCUT2D eigenvalue weighted by atomic mass is 10.1. The average Bonchev–Trinajstić information content (AvgIpc) is 1.93. The minimum absolute atomic E-state index is 0.591. The van der Waals surface area contributed by atoms with E-state index in [1.165, 1.54) is 11.1 Å². The van der Waals surface area contributed by atoms with Crippen LogP contribution < -0.4 is 0 Å². The first-order valence-corrected chi connectivity index (χ1v) is 3.73. The second kappa shape index (κ2) is 2.87. The Morgan fingerprint density at radius 3 is 2.60 bits per heavy atom. The molecule has 1 aliphatic carbocycles. The van der Waals surface area contributed by atoms with Gasteiger partial charge in [0.05, 0.1) is 0 Å². The van der Waals surface area contributed by atoms with E-state index in [1.54, 1.807) is 0 Å². The Bertz CT molecular complexity index is 204. The Balaban J connectivity index is 2.88. The molecule has 1 atom stereocenters. The largest absolute Gasteiger partial charge is 0.0776 e. The smallest absolute Gasteiger partial charge is 0.00729 e. The van der Waals surface area contributed by atoms with E-state index in [2.05, 4.69) is 45.1 Å². The average molecular weight is 134 g/mol. The van der Waals surface area contributed by atoms with Crippen molar-refractivity contribution in [2.24, 2.45) is 5.92 Å². The predicted molar refractivity (Wildman–Crippen MR) is 45.8 cm³/mol. The lowest BCUT2D eigenvalue weighted by Gasteiger charge is -1.94. The standard InChI is InChI=1S/C10H14/c1-8-4-5-9(2)7-10(3)6-8/h4-8H,1-3H3. The van der Waals surface area contributed by atoms with Crippen LogP contribution in [0.2, 0.25) is 0 Å². The molecular formula is C10H14. The molecule has 0 aromatic carbocycles. The number of hydrogen-bond donors (Lipinski definition) is 0. The molecule has 0 fully saturated rings. The van der Waals surface area contributed by atoms with Crippen molar-refractivity contribution in [3.8, 4) is 0 Å². The summed E-state index contributed by atoms with van der Waals surface area (Å²) in [6, 6.07) is 0. The highest BCUT2D eigenvalue weighted by molar-refractivity contribution is 5.32. The molecule has 1 unspecified atom stereocenters. The van der Waals surface area contributed by atoms with Gasteiger partial charge >= 0.3 is 0 Å². The highest BCUT2D eigenvalue weighted by Crippen LogP contribution is 2.13. The van der Waals surface area contributed by atoms with Crippen molar-refractivity contribution in [1.29, 1.82) is 0 Å². The summed E-state index contributed by atoms with van der Waals surface area (Å²) < 4.78 is 0. The highest BCUT2D eigenvalue weighted by Gasteiger charge is 1.96. The van der Waals surface area contributed by atoms with Crippen LogP contribution in [0.1, 0.15) is 20.8 Å². The van der Waals surface area contributed by atoms with Crippen molar-refractivity contribution in [1.82, 2.24) is 0 Å². The number of hydrogen-bond acceptors (Lipinski definition) is 0. The topological polar surface area (TPSA) is 0 Å². The zero-order valence-corrected chi connectivity index (χ0v) is 6.89. The molecule has 0 bridgehead atoms. The Labute approximate surface area is 62.9 Å². The van der Waals surface area contributed by atoms with Gasteiger partial charge in [0, 0.05) is 0 Å². The monoisotopic (exact) mass is 134 g/mol. The summed E-state index contributed by atoms with van der Waals surface area (Å²) in [6.45, 7) is 6.48. The van der Waals surface area contributed by atoms with Crippen molar-refractivity contribution < 1.29 is 0 Å². The molecule has 0 nitrogen and oxygen atoms in total. The fourth-order valence-electron chi connectivity index (χ4n) is 1.23. The quantitative estimate of drug-likeness (QED) is 0.477. The van der Waals surface area contributed by atoms with Gasteiger partial charge in [0.15, 0.2) is 0 Å². The lowest BCUT2D eigenvalue weighted by Crippen LogP contribution is -1.80. The molecule has 1 rings (SSSR count). The molecule has 0 aliphatic heterocycles. The minimum atomic E-state index is 0.591. The summed E-state index contributed by atoms with van der Waals surface area (Å²) in [7, 11) is 0. The maximum Gasteiger partial charge on any atom is -0.00729 e. The van der Waals surface area contributed by atoms with E-state index in [1.807, 2.05) is 0 Å². The van der Waals surface area contributed by atoms with Crippen LogP contribution in [0.5, 0.6) is 0 Å². The Kier molecular flexibility index (Phi) is 2.10. The van der Waals surface area contributed by atoms with Crippen LogP contribution in [0.15, 0.2) is 35.5 Å². The fourth-order valence-corrected chi connectivity index (χ4v) is 1.23. The molecule has 0 aromatic heterocycles. The third kappa shape index (κ3) is 1.87. The molecule has 10 heavy (non-hydrogen) atoms. The molecule has 54 valence electrons. The molecule has 0 N–H and O–H groups in total. The first-order chi connectivity index (χ1) is 4.68. The molecule has 0 aromatic rings. The minimum Gasteiger partial charge on any atom is -0.0776 e. The normalized spacial score (nSPS) is 25.3. The summed E-state index contributed by atoms with van der Waals surface area (Å²) in [5.74, 6) is 0.591. The van der Waals surface area contributed by atoms with Gasteiger partial charge in [-0.1, -0.05) is 42.4 Å². The van der Waals surface area contributed by atoms with Crippen LogP contribution in [0, 0.1) is 5.92 Å². The van der Waals surface area contributed by atoms with E-state index in [9.17, 15) is 0 Å². The first kappa shape index (κ1) is 7.33. The van der Waals surface area contributed by atoms with E-state index in [-0.39, 0.29) is 0 Å². The molecule has 1 aliphatic rings. The van der Waals surface area contributed by atoms with Crippen molar-refractivity contribution >= 4 is 0 Å². The third-order valence-electron chi connectivity index (χ3n) is 1.64. The molecule has 0 radical (unpaired) electrons. The maximum atomic E-state index is 2.27. The third-order valence-corrected chi connectivity index (χ3v) is 1.64. The van der Waals surface area contributed by atoms with Crippen molar-refractivity contribution in [3.63, 3.8) is 0 Å². The highest BCUT2D eigenvalue weighted by atomic mass is 14.0. The van der Waals surface area contributed by atoms with E-state index in [4.69, 9.17) is 0 Å². The zero-order chi connectivity index (χ0) is 7.56. The fraction of sp³-hybridized carbons (Fsp3) is 0.400. The second-order valence-electron chi connectivity index (χ2n) is 3.02. The first-order valence-electron chi connectivity index (χ1n) is 3.73.